The summed E-state index contributed by atoms with van der Waals surface area (Å²) < 4.78 is 30.2. The van der Waals surface area contributed by atoms with E-state index in [1.54, 1.807) is 36.4 Å². The summed E-state index contributed by atoms with van der Waals surface area (Å²) in [6.07, 6.45) is 1.33. The van der Waals surface area contributed by atoms with E-state index in [0.29, 0.717) is 17.1 Å². The van der Waals surface area contributed by atoms with Crippen LogP contribution in [0.15, 0.2) is 66.2 Å². The number of nitrogens with one attached hydrogen (secondary N) is 1. The van der Waals surface area contributed by atoms with E-state index in [4.69, 9.17) is 25.8 Å². The van der Waals surface area contributed by atoms with E-state index < -0.39 is 23.7 Å². The van der Waals surface area contributed by atoms with E-state index in [1.807, 2.05) is 0 Å². The SMILES string of the molecule is COc1ccc(N2C(=O)NC(=O)C(=Cc3ccc(OCc4c(F)cccc4Cl)c(OC)c3)C2=O)cc1. The highest BCUT2D eigenvalue weighted by molar-refractivity contribution is 6.39. The van der Waals surface area contributed by atoms with Crippen LogP contribution in [0, 0.1) is 5.82 Å². The molecule has 0 radical (unpaired) electrons. The fourth-order valence-electron chi connectivity index (χ4n) is 3.50. The first-order valence-electron chi connectivity index (χ1n) is 10.6. The molecular weight excluding hydrogens is 491 g/mol. The highest BCUT2D eigenvalue weighted by atomic mass is 35.5. The van der Waals surface area contributed by atoms with Crippen molar-refractivity contribution in [3.05, 3.63) is 88.2 Å². The fourth-order valence-corrected chi connectivity index (χ4v) is 3.72. The number of rotatable bonds is 7. The van der Waals surface area contributed by atoms with Crippen molar-refractivity contribution in [3.63, 3.8) is 0 Å². The minimum Gasteiger partial charge on any atom is -0.497 e. The average Bonchev–Trinajstić information content (AvgIpc) is 2.87. The lowest BCUT2D eigenvalue weighted by Crippen LogP contribution is -2.54. The zero-order valence-corrected chi connectivity index (χ0v) is 20.0. The maximum absolute atomic E-state index is 14.0. The van der Waals surface area contributed by atoms with Gasteiger partial charge in [0.05, 0.1) is 24.9 Å². The maximum atomic E-state index is 14.0. The Hall–Kier alpha value is -4.37. The van der Waals surface area contributed by atoms with Crippen LogP contribution < -0.4 is 24.4 Å². The van der Waals surface area contributed by atoms with E-state index in [-0.39, 0.29) is 34.2 Å². The van der Waals surface area contributed by atoms with Gasteiger partial charge in [0.2, 0.25) is 0 Å². The summed E-state index contributed by atoms with van der Waals surface area (Å²) in [6, 6.07) is 14.4. The summed E-state index contributed by atoms with van der Waals surface area (Å²) in [5, 5.41) is 2.40. The first-order chi connectivity index (χ1) is 17.3. The molecule has 0 bridgehead atoms. The van der Waals surface area contributed by atoms with Gasteiger partial charge in [-0.05, 0) is 60.2 Å². The molecule has 1 N–H and O–H groups in total. The number of halogens is 2. The Morgan fingerprint density at radius 3 is 2.39 bits per heavy atom. The number of nitrogens with zero attached hydrogens (tertiary/aromatic N) is 1. The molecule has 4 rings (SSSR count). The fraction of sp³-hybridized carbons (Fsp3) is 0.115. The van der Waals surface area contributed by atoms with Crippen molar-refractivity contribution in [2.45, 2.75) is 6.61 Å². The van der Waals surface area contributed by atoms with E-state index in [2.05, 4.69) is 5.32 Å². The van der Waals surface area contributed by atoms with Crippen LogP contribution in [0.1, 0.15) is 11.1 Å². The van der Waals surface area contributed by atoms with Gasteiger partial charge in [0.15, 0.2) is 11.5 Å². The average molecular weight is 511 g/mol. The smallest absolute Gasteiger partial charge is 0.335 e. The molecule has 0 aromatic heterocycles. The minimum atomic E-state index is -0.861. The lowest BCUT2D eigenvalue weighted by atomic mass is 10.1. The van der Waals surface area contributed by atoms with Crippen molar-refractivity contribution in [3.8, 4) is 17.2 Å². The number of hydrogen-bond donors (Lipinski definition) is 1. The van der Waals surface area contributed by atoms with Crippen LogP contribution in [0.4, 0.5) is 14.9 Å². The molecule has 184 valence electrons. The number of carbonyl (C=O) groups excluding carboxylic acids is 3. The van der Waals surface area contributed by atoms with Crippen LogP contribution in [-0.2, 0) is 16.2 Å². The molecule has 8 nitrogen and oxygen atoms in total. The third kappa shape index (κ3) is 5.01. The summed E-state index contributed by atoms with van der Waals surface area (Å²) in [7, 11) is 2.91. The van der Waals surface area contributed by atoms with Gasteiger partial charge in [-0.3, -0.25) is 14.9 Å². The zero-order valence-electron chi connectivity index (χ0n) is 19.2. The van der Waals surface area contributed by atoms with Gasteiger partial charge in [-0.1, -0.05) is 23.7 Å². The molecule has 1 fully saturated rings. The van der Waals surface area contributed by atoms with Gasteiger partial charge in [0.1, 0.15) is 23.7 Å². The van der Waals surface area contributed by atoms with Crippen molar-refractivity contribution in [1.82, 2.24) is 5.32 Å². The lowest BCUT2D eigenvalue weighted by Gasteiger charge is -2.26. The van der Waals surface area contributed by atoms with E-state index in [0.717, 1.165) is 4.90 Å². The number of anilines is 1. The molecule has 0 spiro atoms. The largest absolute Gasteiger partial charge is 0.497 e. The Morgan fingerprint density at radius 1 is 0.972 bits per heavy atom. The third-order valence-corrected chi connectivity index (χ3v) is 5.72. The number of barbiturate groups is 1. The minimum absolute atomic E-state index is 0.137. The van der Waals surface area contributed by atoms with Gasteiger partial charge >= 0.3 is 6.03 Å². The molecule has 36 heavy (non-hydrogen) atoms. The van der Waals surface area contributed by atoms with Crippen LogP contribution in [0.3, 0.4) is 0 Å². The Morgan fingerprint density at radius 2 is 1.72 bits per heavy atom. The highest BCUT2D eigenvalue weighted by Crippen LogP contribution is 2.32. The van der Waals surface area contributed by atoms with E-state index >= 15 is 0 Å². The number of ether oxygens (including phenoxy) is 3. The number of amides is 4. The van der Waals surface area contributed by atoms with Gasteiger partial charge < -0.3 is 14.2 Å². The number of carbonyl (C=O) groups is 3. The molecular formula is C26H20ClFN2O6. The van der Waals surface area contributed by atoms with Crippen LogP contribution in [-0.4, -0.2) is 32.1 Å². The molecule has 3 aromatic carbocycles. The second kappa shape index (κ2) is 10.5. The molecule has 0 saturated carbocycles. The Labute approximate surface area is 210 Å². The summed E-state index contributed by atoms with van der Waals surface area (Å²) in [5.41, 5.74) is 0.648. The number of imide groups is 2. The monoisotopic (exact) mass is 510 g/mol. The van der Waals surface area contributed by atoms with Gasteiger partial charge in [-0.2, -0.15) is 0 Å². The second-order valence-electron chi connectivity index (χ2n) is 7.56. The molecule has 4 amide bonds. The summed E-state index contributed by atoms with van der Waals surface area (Å²) in [5.74, 6) is -0.995. The number of benzene rings is 3. The highest BCUT2D eigenvalue weighted by Gasteiger charge is 2.36. The van der Waals surface area contributed by atoms with Crippen molar-refractivity contribution < 1.29 is 33.0 Å². The van der Waals surface area contributed by atoms with Gasteiger partial charge in [-0.15, -0.1) is 0 Å². The summed E-state index contributed by atoms with van der Waals surface area (Å²) in [4.78, 5) is 38.8. The third-order valence-electron chi connectivity index (χ3n) is 5.36. The van der Waals surface area contributed by atoms with Crippen molar-refractivity contribution >= 4 is 41.2 Å². The summed E-state index contributed by atoms with van der Waals surface area (Å²) >= 11 is 6.05. The first kappa shape index (κ1) is 24.7. The van der Waals surface area contributed by atoms with Gasteiger partial charge in [0.25, 0.3) is 11.8 Å². The molecule has 1 saturated heterocycles. The van der Waals surface area contributed by atoms with Crippen molar-refractivity contribution in [2.75, 3.05) is 19.1 Å². The molecule has 0 atom stereocenters. The second-order valence-corrected chi connectivity index (χ2v) is 7.96. The quantitative estimate of drug-likeness (QED) is 0.364. The van der Waals surface area contributed by atoms with E-state index in [9.17, 15) is 18.8 Å². The van der Waals surface area contributed by atoms with Crippen LogP contribution in [0.2, 0.25) is 5.02 Å². The lowest BCUT2D eigenvalue weighted by molar-refractivity contribution is -0.122. The Balaban J connectivity index is 1.59. The van der Waals surface area contributed by atoms with Crippen molar-refractivity contribution in [2.24, 2.45) is 0 Å². The van der Waals surface area contributed by atoms with Crippen LogP contribution in [0.25, 0.3) is 6.08 Å². The predicted octanol–water partition coefficient (Wildman–Crippen LogP) is 4.74. The molecule has 10 heteroatoms. The van der Waals surface area contributed by atoms with Crippen LogP contribution >= 0.6 is 11.6 Å². The topological polar surface area (TPSA) is 94.2 Å². The predicted molar refractivity (Wildman–Crippen MR) is 131 cm³/mol. The number of methoxy groups -OCH3 is 2. The number of hydrogen-bond acceptors (Lipinski definition) is 6. The molecule has 1 aliphatic heterocycles. The van der Waals surface area contributed by atoms with Gasteiger partial charge in [-0.25, -0.2) is 14.1 Å². The maximum Gasteiger partial charge on any atom is 0.335 e. The molecule has 1 aliphatic rings. The Bertz CT molecular complexity index is 1350. The zero-order chi connectivity index (χ0) is 25.8. The molecule has 3 aromatic rings. The Kier molecular flexibility index (Phi) is 7.21. The van der Waals surface area contributed by atoms with E-state index in [1.165, 1.54) is 44.6 Å². The van der Waals surface area contributed by atoms with Crippen LogP contribution in [0.5, 0.6) is 17.2 Å². The van der Waals surface area contributed by atoms with Gasteiger partial charge in [0, 0.05) is 5.56 Å². The number of urea groups is 1. The molecule has 0 unspecified atom stereocenters. The van der Waals surface area contributed by atoms with Crippen molar-refractivity contribution in [1.29, 1.82) is 0 Å². The molecule has 0 aliphatic carbocycles. The summed E-state index contributed by atoms with van der Waals surface area (Å²) in [6.45, 7) is -0.137. The first-order valence-corrected chi connectivity index (χ1v) is 11.0. The standard InChI is InChI=1S/C26H20ClFN2O6/c1-34-17-9-7-16(8-10-17)30-25(32)18(24(31)29-26(30)33)12-15-6-11-22(23(13-15)35-2)36-14-19-20(27)4-3-5-21(19)28/h3-13H,14H2,1-2H3,(H,29,31,33). The molecule has 1 heterocycles. The normalized spacial score (nSPS) is 14.6.